The van der Waals surface area contributed by atoms with Crippen LogP contribution in [0.3, 0.4) is 0 Å². The summed E-state index contributed by atoms with van der Waals surface area (Å²) in [6.07, 6.45) is 2.11. The highest BCUT2D eigenvalue weighted by molar-refractivity contribution is 5.84. The van der Waals surface area contributed by atoms with Crippen molar-refractivity contribution in [3.05, 3.63) is 71.9 Å². The number of hydrogen-bond donors (Lipinski definition) is 2. The zero-order valence-corrected chi connectivity index (χ0v) is 15.1. The molecule has 0 bridgehead atoms. The van der Waals surface area contributed by atoms with Crippen LogP contribution < -0.4 is 5.32 Å². The van der Waals surface area contributed by atoms with Gasteiger partial charge in [0, 0.05) is 31.2 Å². The topological polar surface area (TPSA) is 52.7 Å². The molecule has 1 heterocycles. The monoisotopic (exact) mass is 336 g/mol. The Morgan fingerprint density at radius 3 is 2.48 bits per heavy atom. The van der Waals surface area contributed by atoms with Crippen LogP contribution in [0.1, 0.15) is 24.0 Å². The van der Waals surface area contributed by atoms with Crippen LogP contribution in [0.25, 0.3) is 10.9 Å². The van der Waals surface area contributed by atoms with Gasteiger partial charge in [-0.15, -0.1) is 0 Å². The molecule has 0 fully saturated rings. The number of nitrogens with zero attached hydrogens (tertiary/aromatic N) is 1. The van der Waals surface area contributed by atoms with E-state index in [0.29, 0.717) is 0 Å². The zero-order chi connectivity index (χ0) is 17.8. The minimum absolute atomic E-state index is 0.0913. The van der Waals surface area contributed by atoms with E-state index in [1.165, 1.54) is 16.5 Å². The molecule has 0 unspecified atom stereocenters. The second-order valence-corrected chi connectivity index (χ2v) is 6.75. The molecule has 0 aliphatic carbocycles. The zero-order valence-electron chi connectivity index (χ0n) is 15.1. The standard InChI is InChI=1S/C21H25N3O/c1-15(21(25)24(2)3)22-13-18(16-9-5-4-6-10-16)19-14-23-20-12-8-7-11-17(19)20/h4-12,14-15,18,22-23H,13H2,1-3H3/p+1/t15-,18-/m0/s1. The Bertz CT molecular complexity index is 838. The summed E-state index contributed by atoms with van der Waals surface area (Å²) >= 11 is 0. The molecule has 3 aromatic rings. The third kappa shape index (κ3) is 3.74. The summed E-state index contributed by atoms with van der Waals surface area (Å²) < 4.78 is 0. The van der Waals surface area contributed by atoms with Gasteiger partial charge < -0.3 is 15.2 Å². The third-order valence-corrected chi connectivity index (χ3v) is 4.75. The fourth-order valence-electron chi connectivity index (χ4n) is 3.36. The van der Waals surface area contributed by atoms with Crippen molar-refractivity contribution in [2.45, 2.75) is 18.9 Å². The fourth-order valence-corrected chi connectivity index (χ4v) is 3.36. The summed E-state index contributed by atoms with van der Waals surface area (Å²) in [5.41, 5.74) is 3.70. The second-order valence-electron chi connectivity index (χ2n) is 6.75. The first-order chi connectivity index (χ1) is 12.1. The number of quaternary nitrogens is 1. The molecule has 0 aliphatic rings. The van der Waals surface area contributed by atoms with Crippen molar-refractivity contribution >= 4 is 16.8 Å². The van der Waals surface area contributed by atoms with E-state index in [0.717, 1.165) is 12.1 Å². The normalized spacial score (nSPS) is 13.6. The predicted octanol–water partition coefficient (Wildman–Crippen LogP) is 2.34. The molecular formula is C21H26N3O+. The Labute approximate surface area is 148 Å². The third-order valence-electron chi connectivity index (χ3n) is 4.75. The van der Waals surface area contributed by atoms with Gasteiger partial charge in [0.15, 0.2) is 6.04 Å². The van der Waals surface area contributed by atoms with Crippen molar-refractivity contribution in [1.82, 2.24) is 9.88 Å². The van der Waals surface area contributed by atoms with E-state index >= 15 is 0 Å². The van der Waals surface area contributed by atoms with Crippen LogP contribution >= 0.6 is 0 Å². The molecular weight excluding hydrogens is 310 g/mol. The maximum absolute atomic E-state index is 12.2. The highest BCUT2D eigenvalue weighted by Gasteiger charge is 2.24. The predicted molar refractivity (Wildman–Crippen MR) is 102 cm³/mol. The molecule has 130 valence electrons. The Kier molecular flexibility index (Phi) is 5.19. The lowest BCUT2D eigenvalue weighted by Crippen LogP contribution is -2.92. The van der Waals surface area contributed by atoms with E-state index in [1.807, 2.05) is 19.1 Å². The van der Waals surface area contributed by atoms with E-state index in [-0.39, 0.29) is 17.9 Å². The number of fused-ring (bicyclic) bond motifs is 1. The molecule has 0 aliphatic heterocycles. The summed E-state index contributed by atoms with van der Waals surface area (Å²) in [5.74, 6) is 0.375. The first-order valence-corrected chi connectivity index (χ1v) is 8.73. The minimum atomic E-state index is -0.0913. The average molecular weight is 336 g/mol. The van der Waals surface area contributed by atoms with Gasteiger partial charge >= 0.3 is 0 Å². The molecule has 0 saturated carbocycles. The Morgan fingerprint density at radius 1 is 1.08 bits per heavy atom. The van der Waals surface area contributed by atoms with Gasteiger partial charge in [0.05, 0.1) is 12.5 Å². The van der Waals surface area contributed by atoms with Crippen LogP contribution in [0.2, 0.25) is 0 Å². The number of nitrogens with two attached hydrogens (primary N) is 1. The fraction of sp³-hybridized carbons (Fsp3) is 0.286. The van der Waals surface area contributed by atoms with Crippen LogP contribution in [0.5, 0.6) is 0 Å². The van der Waals surface area contributed by atoms with Crippen LogP contribution in [-0.4, -0.2) is 42.5 Å². The number of nitrogens with one attached hydrogen (secondary N) is 1. The minimum Gasteiger partial charge on any atom is -0.361 e. The highest BCUT2D eigenvalue weighted by atomic mass is 16.2. The first kappa shape index (κ1) is 17.2. The number of carbonyl (C=O) groups excluding carboxylic acids is 1. The van der Waals surface area contributed by atoms with Gasteiger partial charge in [-0.1, -0.05) is 48.5 Å². The number of aromatic nitrogens is 1. The summed E-state index contributed by atoms with van der Waals surface area (Å²) in [7, 11) is 3.61. The molecule has 3 N–H and O–H groups in total. The first-order valence-electron chi connectivity index (χ1n) is 8.73. The van der Waals surface area contributed by atoms with Crippen molar-refractivity contribution in [3.63, 3.8) is 0 Å². The maximum atomic E-state index is 12.2. The van der Waals surface area contributed by atoms with Gasteiger partial charge in [-0.2, -0.15) is 0 Å². The summed E-state index contributed by atoms with van der Waals surface area (Å²) in [5, 5.41) is 3.39. The second kappa shape index (κ2) is 7.53. The number of rotatable bonds is 6. The van der Waals surface area contributed by atoms with E-state index in [9.17, 15) is 4.79 Å². The largest absolute Gasteiger partial charge is 0.361 e. The van der Waals surface area contributed by atoms with E-state index < -0.39 is 0 Å². The number of amides is 1. The average Bonchev–Trinajstić information content (AvgIpc) is 3.06. The number of likely N-dealkylation sites (N-methyl/N-ethyl adjacent to an activating group) is 1. The smallest absolute Gasteiger partial charge is 0.279 e. The molecule has 4 nitrogen and oxygen atoms in total. The Morgan fingerprint density at radius 2 is 1.76 bits per heavy atom. The highest BCUT2D eigenvalue weighted by Crippen LogP contribution is 2.29. The molecule has 3 rings (SSSR count). The van der Waals surface area contributed by atoms with Gasteiger partial charge in [0.25, 0.3) is 5.91 Å². The van der Waals surface area contributed by atoms with Gasteiger partial charge in [-0.05, 0) is 24.1 Å². The Balaban J connectivity index is 1.90. The van der Waals surface area contributed by atoms with Crippen molar-refractivity contribution in [2.75, 3.05) is 20.6 Å². The van der Waals surface area contributed by atoms with Gasteiger partial charge in [-0.25, -0.2) is 0 Å². The summed E-state index contributed by atoms with van der Waals surface area (Å²) in [6.45, 7) is 2.80. The number of hydrogen-bond acceptors (Lipinski definition) is 1. The lowest BCUT2D eigenvalue weighted by atomic mass is 9.90. The summed E-state index contributed by atoms with van der Waals surface area (Å²) in [6, 6.07) is 18.8. The van der Waals surface area contributed by atoms with Gasteiger partial charge in [0.1, 0.15) is 0 Å². The quantitative estimate of drug-likeness (QED) is 0.713. The van der Waals surface area contributed by atoms with Crippen molar-refractivity contribution in [1.29, 1.82) is 0 Å². The molecule has 2 atom stereocenters. The molecule has 25 heavy (non-hydrogen) atoms. The Hall–Kier alpha value is -2.59. The number of para-hydroxylation sites is 1. The maximum Gasteiger partial charge on any atom is 0.279 e. The molecule has 0 radical (unpaired) electrons. The number of aromatic amines is 1. The van der Waals surface area contributed by atoms with Crippen LogP contribution in [0.4, 0.5) is 0 Å². The van der Waals surface area contributed by atoms with Crippen molar-refractivity contribution in [2.24, 2.45) is 0 Å². The molecule has 2 aromatic carbocycles. The number of H-pyrrole nitrogens is 1. The molecule has 0 spiro atoms. The van der Waals surface area contributed by atoms with E-state index in [4.69, 9.17) is 0 Å². The van der Waals surface area contributed by atoms with Crippen LogP contribution in [-0.2, 0) is 4.79 Å². The van der Waals surface area contributed by atoms with Crippen LogP contribution in [0, 0.1) is 0 Å². The number of benzene rings is 2. The van der Waals surface area contributed by atoms with Crippen LogP contribution in [0.15, 0.2) is 60.8 Å². The molecule has 4 heteroatoms. The van der Waals surface area contributed by atoms with E-state index in [2.05, 4.69) is 59.0 Å². The van der Waals surface area contributed by atoms with Gasteiger partial charge in [-0.3, -0.25) is 4.79 Å². The molecule has 1 amide bonds. The SMILES string of the molecule is C[C@H]([NH2+]C[C@@H](c1ccccc1)c1c[nH]c2ccccc12)C(=O)N(C)C. The lowest BCUT2D eigenvalue weighted by molar-refractivity contribution is -0.675. The van der Waals surface area contributed by atoms with Crippen molar-refractivity contribution < 1.29 is 10.1 Å². The summed E-state index contributed by atoms with van der Waals surface area (Å²) in [4.78, 5) is 17.2. The van der Waals surface area contributed by atoms with Gasteiger partial charge in [0.2, 0.25) is 0 Å². The van der Waals surface area contributed by atoms with E-state index in [1.54, 1.807) is 19.0 Å². The van der Waals surface area contributed by atoms with Crippen molar-refractivity contribution in [3.8, 4) is 0 Å². The molecule has 1 aromatic heterocycles. The number of carbonyl (C=O) groups is 1. The lowest BCUT2D eigenvalue weighted by Gasteiger charge is -2.20. The molecule has 0 saturated heterocycles.